The molecule has 2 fully saturated rings. The minimum absolute atomic E-state index is 0.0577. The van der Waals surface area contributed by atoms with Crippen molar-refractivity contribution in [1.29, 1.82) is 0 Å². The number of rotatable bonds is 7. The van der Waals surface area contributed by atoms with Gasteiger partial charge in [0.15, 0.2) is 18.4 Å². The van der Waals surface area contributed by atoms with Gasteiger partial charge < -0.3 is 24.2 Å². The molecule has 1 aromatic heterocycles. The van der Waals surface area contributed by atoms with E-state index in [-0.39, 0.29) is 12.3 Å². The van der Waals surface area contributed by atoms with Gasteiger partial charge in [0.05, 0.1) is 17.8 Å². The summed E-state index contributed by atoms with van der Waals surface area (Å²) < 4.78 is 26.7. The number of alkyl halides is 1. The van der Waals surface area contributed by atoms with Crippen LogP contribution in [0.4, 0.5) is 10.2 Å². The number of methoxy groups -OCH3 is 1. The van der Waals surface area contributed by atoms with E-state index >= 15 is 4.39 Å². The molecular formula is C23H32BClFN5O3. The van der Waals surface area contributed by atoms with Crippen molar-refractivity contribution in [3.8, 4) is 17.1 Å². The van der Waals surface area contributed by atoms with Gasteiger partial charge in [-0.3, -0.25) is 0 Å². The molecule has 0 saturated carbocycles. The van der Waals surface area contributed by atoms with Crippen molar-refractivity contribution in [3.63, 3.8) is 0 Å². The van der Waals surface area contributed by atoms with Crippen molar-refractivity contribution < 1.29 is 18.9 Å². The molecule has 2 aromatic rings. The molecule has 1 N–H and O–H groups in total. The maximum absolute atomic E-state index is 16.1. The van der Waals surface area contributed by atoms with Crippen LogP contribution in [0.5, 0.6) is 5.75 Å². The fourth-order valence-corrected chi connectivity index (χ4v) is 6.14. The van der Waals surface area contributed by atoms with Gasteiger partial charge in [0.1, 0.15) is 11.9 Å². The lowest BCUT2D eigenvalue weighted by Gasteiger charge is -2.64. The zero-order chi connectivity index (χ0) is 24.7. The number of hydrogen-bond donors (Lipinski definition) is 1. The van der Waals surface area contributed by atoms with Crippen molar-refractivity contribution >= 4 is 24.5 Å². The van der Waals surface area contributed by atoms with E-state index in [9.17, 15) is 5.02 Å². The maximum Gasteiger partial charge on any atom is 0.377 e. The average Bonchev–Trinajstić information content (AvgIpc) is 2.79. The van der Waals surface area contributed by atoms with Crippen LogP contribution in [0, 0.1) is 0 Å². The third-order valence-corrected chi connectivity index (χ3v) is 7.64. The predicted octanol–water partition coefficient (Wildman–Crippen LogP) is 3.83. The minimum atomic E-state index is -1.17. The van der Waals surface area contributed by atoms with Crippen molar-refractivity contribution in [2.45, 2.75) is 69.6 Å². The molecule has 2 bridgehead atoms. The maximum atomic E-state index is 16.1. The van der Waals surface area contributed by atoms with Gasteiger partial charge in [0.25, 0.3) is 0 Å². The molecule has 0 spiro atoms. The highest BCUT2D eigenvalue weighted by Crippen LogP contribution is 2.50. The Morgan fingerprint density at radius 3 is 2.74 bits per heavy atom. The van der Waals surface area contributed by atoms with Crippen molar-refractivity contribution in [1.82, 2.24) is 20.0 Å². The fourth-order valence-electron chi connectivity index (χ4n) is 5.98. The van der Waals surface area contributed by atoms with Crippen LogP contribution in [0.2, 0.25) is 11.8 Å². The van der Waals surface area contributed by atoms with E-state index in [1.54, 1.807) is 31.2 Å². The van der Waals surface area contributed by atoms with Crippen LogP contribution in [-0.2, 0) is 4.74 Å². The standard InChI is InChI=1S/C23H32BClFN5O3/c1-22-9-6-10-23(2,31(22)24(3)32)20(26)17(12-22)30(4)19-13-27-21(29-28-19)16-8-7-15(25)11-18(16)34-14-33-5/h7-8,11,13,17,20,32H,6,9-10,12,14H2,1-5H3/t17-,20-,22-,23+/m0/s1. The normalized spacial score (nSPS) is 29.1. The molecule has 2 saturated heterocycles. The van der Waals surface area contributed by atoms with Gasteiger partial charge in [-0.15, -0.1) is 10.2 Å². The topological polar surface area (TPSA) is 83.8 Å². The fraction of sp³-hybridized carbons (Fsp3) is 0.609. The summed E-state index contributed by atoms with van der Waals surface area (Å²) in [6.45, 7) is 5.84. The molecule has 3 heterocycles. The molecule has 184 valence electrons. The Balaban J connectivity index is 1.60. The summed E-state index contributed by atoms with van der Waals surface area (Å²) in [6.07, 6.45) is 3.55. The van der Waals surface area contributed by atoms with Crippen molar-refractivity contribution in [2.24, 2.45) is 0 Å². The largest absolute Gasteiger partial charge is 0.467 e. The lowest BCUT2D eigenvalue weighted by Crippen LogP contribution is -2.76. The monoisotopic (exact) mass is 491 g/mol. The SMILES string of the molecule is COCOc1cc(Cl)ccc1-c1ncc(N(C)[C@H]2C[C@]3(C)CCC[C@](C)([C@H]2F)N3B(C)O)nn1. The van der Waals surface area contributed by atoms with E-state index in [1.165, 1.54) is 7.11 Å². The molecule has 0 amide bonds. The van der Waals surface area contributed by atoms with Gasteiger partial charge in [-0.1, -0.05) is 11.6 Å². The summed E-state index contributed by atoms with van der Waals surface area (Å²) in [5.41, 5.74) is -0.428. The highest BCUT2D eigenvalue weighted by atomic mass is 35.5. The highest BCUT2D eigenvalue weighted by Gasteiger charge is 2.60. The number of benzene rings is 1. The Morgan fingerprint density at radius 1 is 1.32 bits per heavy atom. The summed E-state index contributed by atoms with van der Waals surface area (Å²) in [5, 5.41) is 19.7. The Bertz CT molecular complexity index is 1020. The summed E-state index contributed by atoms with van der Waals surface area (Å²) in [4.78, 5) is 8.30. The molecule has 11 heteroatoms. The Kier molecular flexibility index (Phi) is 7.06. The van der Waals surface area contributed by atoms with Gasteiger partial charge in [-0.2, -0.15) is 0 Å². The molecule has 8 nitrogen and oxygen atoms in total. The quantitative estimate of drug-likeness (QED) is 0.462. The molecule has 2 aliphatic rings. The van der Waals surface area contributed by atoms with Gasteiger partial charge in [-0.25, -0.2) is 9.37 Å². The number of anilines is 1. The number of nitrogens with zero attached hydrogens (tertiary/aromatic N) is 5. The van der Waals surface area contributed by atoms with Gasteiger partial charge in [-0.05, 0) is 64.6 Å². The number of ether oxygens (including phenoxy) is 2. The van der Waals surface area contributed by atoms with Gasteiger partial charge >= 0.3 is 7.05 Å². The average molecular weight is 492 g/mol. The molecule has 1 aromatic carbocycles. The van der Waals surface area contributed by atoms with Crippen LogP contribution in [-0.4, -0.2) is 76.3 Å². The Hall–Kier alpha value is -2.01. The van der Waals surface area contributed by atoms with Gasteiger partial charge in [0.2, 0.25) is 0 Å². The van der Waals surface area contributed by atoms with E-state index in [1.807, 2.05) is 23.7 Å². The van der Waals surface area contributed by atoms with Crippen LogP contribution in [0.1, 0.15) is 39.5 Å². The van der Waals surface area contributed by atoms with Gasteiger partial charge in [0, 0.05) is 30.3 Å². The molecule has 4 atom stereocenters. The first-order valence-corrected chi connectivity index (χ1v) is 11.9. The first kappa shape index (κ1) is 25.1. The summed E-state index contributed by atoms with van der Waals surface area (Å²) in [7, 11) is 2.65. The zero-order valence-corrected chi connectivity index (χ0v) is 21.1. The Morgan fingerprint density at radius 2 is 2.09 bits per heavy atom. The van der Waals surface area contributed by atoms with E-state index in [0.717, 1.165) is 12.8 Å². The molecule has 34 heavy (non-hydrogen) atoms. The van der Waals surface area contributed by atoms with E-state index < -0.39 is 24.8 Å². The van der Waals surface area contributed by atoms with E-state index in [2.05, 4.69) is 22.1 Å². The van der Waals surface area contributed by atoms with Crippen molar-refractivity contribution in [3.05, 3.63) is 29.4 Å². The Labute approximate surface area is 205 Å². The second kappa shape index (κ2) is 9.56. The number of piperidine rings is 2. The molecule has 0 unspecified atom stereocenters. The number of halogens is 2. The van der Waals surface area contributed by atoms with Crippen LogP contribution >= 0.6 is 11.6 Å². The lowest BCUT2D eigenvalue weighted by molar-refractivity contribution is -0.0896. The lowest BCUT2D eigenvalue weighted by atomic mass is 9.59. The first-order valence-electron chi connectivity index (χ1n) is 11.6. The zero-order valence-electron chi connectivity index (χ0n) is 20.3. The van der Waals surface area contributed by atoms with Crippen LogP contribution < -0.4 is 9.64 Å². The third kappa shape index (κ3) is 4.37. The van der Waals surface area contributed by atoms with E-state index in [4.69, 9.17) is 21.1 Å². The molecule has 4 rings (SSSR count). The number of hydrogen-bond acceptors (Lipinski definition) is 8. The summed E-state index contributed by atoms with van der Waals surface area (Å²) in [5.74, 6) is 1.34. The second-order valence-electron chi connectivity index (χ2n) is 9.83. The molecule has 0 radical (unpaired) electrons. The number of aromatic nitrogens is 3. The van der Waals surface area contributed by atoms with Crippen molar-refractivity contribution in [2.75, 3.05) is 25.9 Å². The minimum Gasteiger partial charge on any atom is -0.467 e. The van der Waals surface area contributed by atoms with Crippen LogP contribution in [0.25, 0.3) is 11.4 Å². The smallest absolute Gasteiger partial charge is 0.377 e. The third-order valence-electron chi connectivity index (χ3n) is 7.41. The first-order chi connectivity index (χ1) is 16.1. The molecule has 0 aliphatic carbocycles. The number of fused-ring (bicyclic) bond motifs is 2. The van der Waals surface area contributed by atoms with Crippen LogP contribution in [0.15, 0.2) is 24.4 Å². The summed E-state index contributed by atoms with van der Waals surface area (Å²) >= 11 is 6.10. The molecule has 2 aliphatic heterocycles. The molecular weight excluding hydrogens is 460 g/mol. The van der Waals surface area contributed by atoms with E-state index in [0.29, 0.717) is 40.8 Å². The summed E-state index contributed by atoms with van der Waals surface area (Å²) in [6, 6.07) is 4.75. The second-order valence-corrected chi connectivity index (χ2v) is 10.3. The predicted molar refractivity (Wildman–Crippen MR) is 131 cm³/mol. The highest BCUT2D eigenvalue weighted by molar-refractivity contribution is 6.45. The van der Waals surface area contributed by atoms with Crippen LogP contribution in [0.3, 0.4) is 0 Å².